The van der Waals surface area contributed by atoms with Gasteiger partial charge in [-0.2, -0.15) is 0 Å². The van der Waals surface area contributed by atoms with E-state index in [1.165, 1.54) is 16.5 Å². The van der Waals surface area contributed by atoms with Gasteiger partial charge in [-0.3, -0.25) is 0 Å². The molecule has 0 fully saturated rings. The van der Waals surface area contributed by atoms with E-state index in [4.69, 9.17) is 4.43 Å². The fraction of sp³-hybridized carbons (Fsp3) is 0.500. The quantitative estimate of drug-likeness (QED) is 0.721. The van der Waals surface area contributed by atoms with E-state index in [9.17, 15) is 0 Å². The van der Waals surface area contributed by atoms with Crippen LogP contribution in [0, 0.1) is 0 Å². The number of halogens is 1. The molecule has 1 heterocycles. The highest BCUT2D eigenvalue weighted by Gasteiger charge is 2.36. The Morgan fingerprint density at radius 3 is 2.60 bits per heavy atom. The van der Waals surface area contributed by atoms with E-state index in [1.54, 1.807) is 0 Å². The van der Waals surface area contributed by atoms with Crippen molar-refractivity contribution in [2.45, 2.75) is 45.3 Å². The number of rotatable bonds is 4. The molecule has 0 radical (unpaired) electrons. The second kappa shape index (κ2) is 5.66. The highest BCUT2D eigenvalue weighted by Crippen LogP contribution is 2.36. The fourth-order valence-corrected chi connectivity index (χ4v) is 3.70. The van der Waals surface area contributed by atoms with E-state index in [0.717, 1.165) is 17.5 Å². The van der Waals surface area contributed by atoms with E-state index in [2.05, 4.69) is 79.2 Å². The Balaban J connectivity index is 2.08. The zero-order valence-electron chi connectivity index (χ0n) is 13.0. The third-order valence-electron chi connectivity index (χ3n) is 4.38. The molecule has 2 rings (SSSR count). The van der Waals surface area contributed by atoms with Crippen LogP contribution in [0.2, 0.25) is 18.1 Å². The SMILES string of the molecule is CC(C)(C)[Si](C)(C)OCCc1c[nH]c2cccc(Br)c12. The van der Waals surface area contributed by atoms with Crippen LogP contribution in [0.3, 0.4) is 0 Å². The zero-order chi connectivity index (χ0) is 15.0. The minimum Gasteiger partial charge on any atom is -0.416 e. The number of hydrogen-bond donors (Lipinski definition) is 1. The Kier molecular flexibility index (Phi) is 4.47. The van der Waals surface area contributed by atoms with Crippen LogP contribution in [0.4, 0.5) is 0 Å². The molecular weight excluding hydrogens is 330 g/mol. The summed E-state index contributed by atoms with van der Waals surface area (Å²) in [5.41, 5.74) is 2.51. The van der Waals surface area contributed by atoms with Crippen molar-refractivity contribution in [1.82, 2.24) is 4.98 Å². The van der Waals surface area contributed by atoms with E-state index in [-0.39, 0.29) is 5.04 Å². The number of aromatic nitrogens is 1. The van der Waals surface area contributed by atoms with E-state index < -0.39 is 8.32 Å². The van der Waals surface area contributed by atoms with E-state index in [0.29, 0.717) is 0 Å². The maximum atomic E-state index is 6.27. The second-order valence-corrected chi connectivity index (χ2v) is 12.5. The second-order valence-electron chi connectivity index (χ2n) is 6.84. The zero-order valence-corrected chi connectivity index (χ0v) is 15.6. The summed E-state index contributed by atoms with van der Waals surface area (Å²) in [4.78, 5) is 3.33. The molecule has 0 atom stereocenters. The molecule has 0 saturated carbocycles. The van der Waals surface area contributed by atoms with Gasteiger partial charge in [-0.25, -0.2) is 0 Å². The fourth-order valence-electron chi connectivity index (χ4n) is 2.04. The van der Waals surface area contributed by atoms with E-state index in [1.807, 2.05) is 0 Å². The predicted molar refractivity (Wildman–Crippen MR) is 92.9 cm³/mol. The molecule has 2 nitrogen and oxygen atoms in total. The summed E-state index contributed by atoms with van der Waals surface area (Å²) >= 11 is 3.64. The molecule has 1 aromatic carbocycles. The molecule has 1 aromatic heterocycles. The molecule has 0 aliphatic heterocycles. The normalized spacial score (nSPS) is 13.1. The van der Waals surface area contributed by atoms with E-state index >= 15 is 0 Å². The maximum absolute atomic E-state index is 6.27. The highest BCUT2D eigenvalue weighted by atomic mass is 79.9. The molecule has 2 aromatic rings. The van der Waals surface area contributed by atoms with Crippen molar-refractivity contribution in [2.75, 3.05) is 6.61 Å². The molecule has 0 bridgehead atoms. The average molecular weight is 354 g/mol. The van der Waals surface area contributed by atoms with Crippen LogP contribution in [0.5, 0.6) is 0 Å². The minimum absolute atomic E-state index is 0.272. The molecule has 20 heavy (non-hydrogen) atoms. The third kappa shape index (κ3) is 3.18. The lowest BCUT2D eigenvalue weighted by molar-refractivity contribution is 0.292. The molecule has 0 saturated heterocycles. The Hall–Kier alpha value is -0.583. The molecule has 110 valence electrons. The average Bonchev–Trinajstić information content (AvgIpc) is 2.72. The number of aromatic amines is 1. The van der Waals surface area contributed by atoms with Crippen LogP contribution in [0.1, 0.15) is 26.3 Å². The van der Waals surface area contributed by atoms with Gasteiger partial charge in [0.05, 0.1) is 0 Å². The Bertz CT molecular complexity index is 598. The van der Waals surface area contributed by atoms with Crippen LogP contribution >= 0.6 is 15.9 Å². The van der Waals surface area contributed by atoms with Crippen molar-refractivity contribution in [2.24, 2.45) is 0 Å². The standard InChI is InChI=1S/C16H24BrNOSi/c1-16(2,3)20(4,5)19-10-9-12-11-18-14-8-6-7-13(17)15(12)14/h6-8,11,18H,9-10H2,1-5H3. The van der Waals surface area contributed by atoms with Gasteiger partial charge in [0.15, 0.2) is 8.32 Å². The Morgan fingerprint density at radius 1 is 1.25 bits per heavy atom. The van der Waals surface area contributed by atoms with Gasteiger partial charge in [0, 0.05) is 28.2 Å². The Morgan fingerprint density at radius 2 is 1.95 bits per heavy atom. The van der Waals surface area contributed by atoms with Crippen LogP contribution in [-0.2, 0) is 10.8 Å². The van der Waals surface area contributed by atoms with Crippen molar-refractivity contribution < 1.29 is 4.43 Å². The van der Waals surface area contributed by atoms with Crippen molar-refractivity contribution in [3.05, 3.63) is 34.4 Å². The van der Waals surface area contributed by atoms with Crippen molar-refractivity contribution in [1.29, 1.82) is 0 Å². The van der Waals surface area contributed by atoms with Crippen LogP contribution in [0.15, 0.2) is 28.9 Å². The largest absolute Gasteiger partial charge is 0.416 e. The van der Waals surface area contributed by atoms with Gasteiger partial charge in [-0.05, 0) is 42.2 Å². The monoisotopic (exact) mass is 353 g/mol. The van der Waals surface area contributed by atoms with Gasteiger partial charge in [0.2, 0.25) is 0 Å². The summed E-state index contributed by atoms with van der Waals surface area (Å²) in [5.74, 6) is 0. The summed E-state index contributed by atoms with van der Waals surface area (Å²) in [5, 5.41) is 1.56. The van der Waals surface area contributed by atoms with Gasteiger partial charge in [-0.1, -0.05) is 42.8 Å². The lowest BCUT2D eigenvalue weighted by Gasteiger charge is -2.36. The summed E-state index contributed by atoms with van der Waals surface area (Å²) in [6.07, 6.45) is 3.06. The van der Waals surface area contributed by atoms with Crippen molar-refractivity contribution >= 4 is 35.2 Å². The molecule has 4 heteroatoms. The summed E-state index contributed by atoms with van der Waals surface area (Å²) in [6.45, 7) is 12.2. The maximum Gasteiger partial charge on any atom is 0.191 e. The molecular formula is C16H24BrNOSi. The van der Waals surface area contributed by atoms with Gasteiger partial charge in [0.25, 0.3) is 0 Å². The first-order valence-electron chi connectivity index (χ1n) is 7.11. The molecule has 0 spiro atoms. The van der Waals surface area contributed by atoms with Crippen LogP contribution in [0.25, 0.3) is 10.9 Å². The molecule has 0 amide bonds. The smallest absolute Gasteiger partial charge is 0.191 e. The Labute approximate surface area is 131 Å². The van der Waals surface area contributed by atoms with Crippen molar-refractivity contribution in [3.8, 4) is 0 Å². The summed E-state index contributed by atoms with van der Waals surface area (Å²) in [7, 11) is -1.64. The molecule has 0 aliphatic carbocycles. The molecule has 1 N–H and O–H groups in total. The van der Waals surface area contributed by atoms with Crippen LogP contribution < -0.4 is 0 Å². The first-order chi connectivity index (χ1) is 9.22. The number of nitrogens with one attached hydrogen (secondary N) is 1. The molecule has 0 aliphatic rings. The third-order valence-corrected chi connectivity index (χ3v) is 9.58. The first kappa shape index (κ1) is 15.8. The lowest BCUT2D eigenvalue weighted by atomic mass is 10.1. The summed E-state index contributed by atoms with van der Waals surface area (Å²) in [6, 6.07) is 6.26. The number of H-pyrrole nitrogens is 1. The summed E-state index contributed by atoms with van der Waals surface area (Å²) < 4.78 is 7.42. The van der Waals surface area contributed by atoms with Crippen molar-refractivity contribution in [3.63, 3.8) is 0 Å². The van der Waals surface area contributed by atoms with Gasteiger partial charge >= 0.3 is 0 Å². The number of fused-ring (bicyclic) bond motifs is 1. The topological polar surface area (TPSA) is 25.0 Å². The van der Waals surface area contributed by atoms with Gasteiger partial charge in [0.1, 0.15) is 0 Å². The van der Waals surface area contributed by atoms with Gasteiger partial charge < -0.3 is 9.41 Å². The first-order valence-corrected chi connectivity index (χ1v) is 10.8. The van der Waals surface area contributed by atoms with Gasteiger partial charge in [-0.15, -0.1) is 0 Å². The lowest BCUT2D eigenvalue weighted by Crippen LogP contribution is -2.41. The minimum atomic E-state index is -1.64. The number of benzene rings is 1. The van der Waals surface area contributed by atoms with Crippen LogP contribution in [-0.4, -0.2) is 19.9 Å². The number of hydrogen-bond acceptors (Lipinski definition) is 1. The highest BCUT2D eigenvalue weighted by molar-refractivity contribution is 9.10. The predicted octanol–water partition coefficient (Wildman–Crippen LogP) is 5.49. The molecule has 0 unspecified atom stereocenters.